The zero-order valence-corrected chi connectivity index (χ0v) is 21.1. The summed E-state index contributed by atoms with van der Waals surface area (Å²) in [5.41, 5.74) is 6.19. The molecule has 0 amide bonds. The van der Waals surface area contributed by atoms with Crippen LogP contribution >= 0.6 is 15.9 Å². The van der Waals surface area contributed by atoms with Crippen LogP contribution < -0.4 is 15.7 Å². The number of primary sulfonamides is 2. The largest absolute Gasteiger partial charge is 0.279 e. The molecule has 180 valence electrons. The maximum atomic E-state index is 11.5. The van der Waals surface area contributed by atoms with Gasteiger partial charge in [-0.05, 0) is 60.7 Å². The average Bonchev–Trinajstić information content (AvgIpc) is 3.23. The number of aromatic nitrogens is 2. The van der Waals surface area contributed by atoms with Crippen LogP contribution in [-0.2, 0) is 20.0 Å². The van der Waals surface area contributed by atoms with Gasteiger partial charge in [-0.2, -0.15) is 10.2 Å². The molecule has 0 bridgehead atoms. The Labute approximate surface area is 210 Å². The highest BCUT2D eigenvalue weighted by atomic mass is 79.9. The second-order valence-corrected chi connectivity index (χ2v) is 11.4. The van der Waals surface area contributed by atoms with E-state index >= 15 is 0 Å². The van der Waals surface area contributed by atoms with Crippen LogP contribution in [0.15, 0.2) is 98.4 Å². The molecule has 0 fully saturated rings. The molecule has 0 saturated carbocycles. The lowest BCUT2D eigenvalue weighted by molar-refractivity contribution is 0.596. The number of hydrazone groups is 1. The third-order valence-corrected chi connectivity index (χ3v) is 7.26. The van der Waals surface area contributed by atoms with E-state index in [1.807, 2.05) is 24.3 Å². The molecule has 0 saturated heterocycles. The van der Waals surface area contributed by atoms with Crippen LogP contribution in [0.2, 0.25) is 0 Å². The minimum atomic E-state index is -3.81. The van der Waals surface area contributed by atoms with Gasteiger partial charge in [0, 0.05) is 21.8 Å². The zero-order valence-electron chi connectivity index (χ0n) is 17.9. The second-order valence-electron chi connectivity index (χ2n) is 7.36. The van der Waals surface area contributed by atoms with Gasteiger partial charge >= 0.3 is 0 Å². The maximum absolute atomic E-state index is 11.5. The van der Waals surface area contributed by atoms with Crippen LogP contribution in [0.25, 0.3) is 16.9 Å². The normalized spacial score (nSPS) is 12.2. The second kappa shape index (κ2) is 9.71. The van der Waals surface area contributed by atoms with Crippen LogP contribution in [0.4, 0.5) is 5.69 Å². The van der Waals surface area contributed by atoms with E-state index in [-0.39, 0.29) is 9.79 Å². The molecule has 4 rings (SSSR count). The third kappa shape index (κ3) is 6.01. The summed E-state index contributed by atoms with van der Waals surface area (Å²) >= 11 is 3.42. The Morgan fingerprint density at radius 2 is 1.37 bits per heavy atom. The molecule has 1 heterocycles. The van der Waals surface area contributed by atoms with E-state index in [0.29, 0.717) is 22.6 Å². The summed E-state index contributed by atoms with van der Waals surface area (Å²) < 4.78 is 48.4. The van der Waals surface area contributed by atoms with Gasteiger partial charge in [-0.25, -0.2) is 31.8 Å². The number of hydrogen-bond donors (Lipinski definition) is 3. The van der Waals surface area contributed by atoms with Crippen molar-refractivity contribution >= 4 is 47.9 Å². The molecule has 1 aromatic heterocycles. The van der Waals surface area contributed by atoms with Crippen LogP contribution in [-0.4, -0.2) is 32.8 Å². The number of nitrogens with two attached hydrogens (primary N) is 2. The molecule has 0 aliphatic carbocycles. The molecular formula is C22H19BrN6O4S2. The van der Waals surface area contributed by atoms with E-state index in [1.165, 1.54) is 24.3 Å². The van der Waals surface area contributed by atoms with E-state index in [9.17, 15) is 16.8 Å². The van der Waals surface area contributed by atoms with Crippen molar-refractivity contribution in [3.05, 3.63) is 89.0 Å². The van der Waals surface area contributed by atoms with E-state index < -0.39 is 20.0 Å². The van der Waals surface area contributed by atoms with Gasteiger partial charge in [-0.3, -0.25) is 5.43 Å². The lowest BCUT2D eigenvalue weighted by Crippen LogP contribution is -2.12. The van der Waals surface area contributed by atoms with Crippen LogP contribution in [0.1, 0.15) is 5.56 Å². The first-order valence-corrected chi connectivity index (χ1v) is 13.8. The van der Waals surface area contributed by atoms with Crippen molar-refractivity contribution in [2.24, 2.45) is 15.4 Å². The first-order valence-electron chi connectivity index (χ1n) is 9.91. The van der Waals surface area contributed by atoms with Crippen molar-refractivity contribution < 1.29 is 16.8 Å². The average molecular weight is 575 g/mol. The minimum Gasteiger partial charge on any atom is -0.279 e. The van der Waals surface area contributed by atoms with Crippen LogP contribution in [0.5, 0.6) is 0 Å². The number of nitrogens with zero attached hydrogens (tertiary/aromatic N) is 3. The highest BCUT2D eigenvalue weighted by Crippen LogP contribution is 2.25. The van der Waals surface area contributed by atoms with E-state index in [4.69, 9.17) is 10.3 Å². The monoisotopic (exact) mass is 574 g/mol. The lowest BCUT2D eigenvalue weighted by Gasteiger charge is -2.03. The number of benzene rings is 3. The van der Waals surface area contributed by atoms with Crippen molar-refractivity contribution in [2.45, 2.75) is 9.79 Å². The zero-order chi connectivity index (χ0) is 25.2. The highest BCUT2D eigenvalue weighted by molar-refractivity contribution is 9.10. The van der Waals surface area contributed by atoms with Gasteiger partial charge in [-0.15, -0.1) is 0 Å². The number of sulfonamides is 2. The lowest BCUT2D eigenvalue weighted by atomic mass is 10.1. The van der Waals surface area contributed by atoms with Gasteiger partial charge in [0.05, 0.1) is 27.4 Å². The predicted octanol–water partition coefficient (Wildman–Crippen LogP) is 3.04. The fraction of sp³-hybridized carbons (Fsp3) is 0. The molecule has 0 aliphatic rings. The van der Waals surface area contributed by atoms with Gasteiger partial charge in [0.15, 0.2) is 0 Å². The Morgan fingerprint density at radius 1 is 0.829 bits per heavy atom. The van der Waals surface area contributed by atoms with Gasteiger partial charge in [-0.1, -0.05) is 28.1 Å². The molecule has 4 aromatic rings. The Morgan fingerprint density at radius 3 is 1.91 bits per heavy atom. The predicted molar refractivity (Wildman–Crippen MR) is 137 cm³/mol. The van der Waals surface area contributed by atoms with Gasteiger partial charge in [0.25, 0.3) is 0 Å². The third-order valence-electron chi connectivity index (χ3n) is 4.87. The quantitative estimate of drug-likeness (QED) is 0.227. The molecule has 0 aliphatic heterocycles. The molecule has 13 heteroatoms. The highest BCUT2D eigenvalue weighted by Gasteiger charge is 2.13. The summed E-state index contributed by atoms with van der Waals surface area (Å²) in [5.74, 6) is 0. The van der Waals surface area contributed by atoms with Crippen LogP contribution in [0, 0.1) is 0 Å². The Kier molecular flexibility index (Phi) is 6.87. The number of nitrogens with one attached hydrogen (secondary N) is 1. The van der Waals surface area contributed by atoms with Crippen LogP contribution in [0.3, 0.4) is 0 Å². The Bertz CT molecular complexity index is 1600. The molecule has 0 unspecified atom stereocenters. The molecule has 0 radical (unpaired) electrons. The molecular weight excluding hydrogens is 556 g/mol. The first-order chi connectivity index (χ1) is 16.5. The summed E-state index contributed by atoms with van der Waals surface area (Å²) in [5, 5.41) is 19.2. The number of halogens is 1. The van der Waals surface area contributed by atoms with Crippen molar-refractivity contribution in [1.82, 2.24) is 9.78 Å². The number of hydrogen-bond acceptors (Lipinski definition) is 7. The van der Waals surface area contributed by atoms with Crippen molar-refractivity contribution in [3.8, 4) is 16.9 Å². The minimum absolute atomic E-state index is 0.000662. The van der Waals surface area contributed by atoms with E-state index in [0.717, 1.165) is 10.0 Å². The molecule has 10 nitrogen and oxygen atoms in total. The van der Waals surface area contributed by atoms with E-state index in [2.05, 4.69) is 31.6 Å². The summed E-state index contributed by atoms with van der Waals surface area (Å²) in [6.07, 6.45) is 3.33. The van der Waals surface area contributed by atoms with Crippen molar-refractivity contribution in [1.29, 1.82) is 0 Å². The summed E-state index contributed by atoms with van der Waals surface area (Å²) in [7, 11) is -7.58. The Balaban J connectivity index is 1.65. The first kappa shape index (κ1) is 24.8. The number of rotatable bonds is 7. The fourth-order valence-electron chi connectivity index (χ4n) is 3.13. The summed E-state index contributed by atoms with van der Waals surface area (Å²) in [4.78, 5) is 0.000244. The summed E-state index contributed by atoms with van der Waals surface area (Å²) in [6.45, 7) is 0. The topological polar surface area (TPSA) is 163 Å². The molecule has 35 heavy (non-hydrogen) atoms. The van der Waals surface area contributed by atoms with Crippen molar-refractivity contribution in [3.63, 3.8) is 0 Å². The molecule has 0 atom stereocenters. The smallest absolute Gasteiger partial charge is 0.238 e. The van der Waals surface area contributed by atoms with Gasteiger partial charge in [0.1, 0.15) is 5.69 Å². The van der Waals surface area contributed by atoms with E-state index in [1.54, 1.807) is 41.4 Å². The number of anilines is 1. The molecule has 5 N–H and O–H groups in total. The Hall–Kier alpha value is -3.36. The fourth-order valence-corrected chi connectivity index (χ4v) is 4.43. The summed E-state index contributed by atoms with van der Waals surface area (Å²) in [6, 6.07) is 19.4. The van der Waals surface area contributed by atoms with Crippen molar-refractivity contribution in [2.75, 3.05) is 5.43 Å². The maximum Gasteiger partial charge on any atom is 0.238 e. The standard InChI is InChI=1S/C22H19BrN6O4S2/c23-17-3-1-15(2-4-17)22-16(13-26-27-18-5-9-20(10-6-18)34(24,30)31)14-29(28-22)19-7-11-21(12-8-19)35(25,32)33/h1-14,27H,(H2,24,30,31)(H2,25,32,33)/b26-13-. The van der Waals surface area contributed by atoms with Gasteiger partial charge in [0.2, 0.25) is 20.0 Å². The molecule has 0 spiro atoms. The van der Waals surface area contributed by atoms with Gasteiger partial charge < -0.3 is 0 Å². The SMILES string of the molecule is NS(=O)(=O)c1ccc(N/N=C\c2cn(-c3ccc(S(N)(=O)=O)cc3)nc2-c2ccc(Br)cc2)cc1. The molecule has 3 aromatic carbocycles.